The van der Waals surface area contributed by atoms with Crippen LogP contribution in [0.2, 0.25) is 0 Å². The first-order valence-electron chi connectivity index (χ1n) is 10.1. The Bertz CT molecular complexity index is 527. The standard InChI is InChI=1S/C22H34N2/c1-2-3-6-14-23-16-18-24(19-17-23)15-8-12-21-11-7-10-20-9-4-5-13-22(20)21/h4-5,9,11,13H,2-3,6-8,10,12,14-19H2,1H3. The van der Waals surface area contributed by atoms with Crippen molar-refractivity contribution >= 4 is 5.57 Å². The molecule has 2 nitrogen and oxygen atoms in total. The number of allylic oxidation sites excluding steroid dienone is 2. The van der Waals surface area contributed by atoms with Gasteiger partial charge in [0.25, 0.3) is 0 Å². The van der Waals surface area contributed by atoms with Crippen LogP contribution in [0, 0.1) is 0 Å². The molecule has 0 unspecified atom stereocenters. The predicted octanol–water partition coefficient (Wildman–Crippen LogP) is 4.60. The summed E-state index contributed by atoms with van der Waals surface area (Å²) in [7, 11) is 0. The highest BCUT2D eigenvalue weighted by atomic mass is 15.3. The van der Waals surface area contributed by atoms with Gasteiger partial charge in [0, 0.05) is 26.2 Å². The Labute approximate surface area is 148 Å². The number of fused-ring (bicyclic) bond motifs is 1. The molecule has 24 heavy (non-hydrogen) atoms. The number of unbranched alkanes of at least 4 members (excludes halogenated alkanes) is 2. The zero-order chi connectivity index (χ0) is 16.6. The third-order valence-electron chi connectivity index (χ3n) is 5.63. The Balaban J connectivity index is 1.37. The monoisotopic (exact) mass is 326 g/mol. The lowest BCUT2D eigenvalue weighted by Crippen LogP contribution is -2.46. The second-order valence-electron chi connectivity index (χ2n) is 7.42. The summed E-state index contributed by atoms with van der Waals surface area (Å²) in [5.74, 6) is 0. The minimum atomic E-state index is 1.22. The van der Waals surface area contributed by atoms with E-state index in [2.05, 4.69) is 47.1 Å². The molecule has 2 heteroatoms. The Kier molecular flexibility index (Phi) is 6.92. The average molecular weight is 327 g/mol. The van der Waals surface area contributed by atoms with Gasteiger partial charge in [0.2, 0.25) is 0 Å². The maximum Gasteiger partial charge on any atom is 0.0110 e. The highest BCUT2D eigenvalue weighted by molar-refractivity contribution is 5.70. The van der Waals surface area contributed by atoms with Gasteiger partial charge in [0.1, 0.15) is 0 Å². The van der Waals surface area contributed by atoms with E-state index in [1.54, 1.807) is 11.1 Å². The largest absolute Gasteiger partial charge is 0.301 e. The van der Waals surface area contributed by atoms with Gasteiger partial charge in [-0.3, -0.25) is 0 Å². The second-order valence-corrected chi connectivity index (χ2v) is 7.42. The quantitative estimate of drug-likeness (QED) is 0.644. The molecule has 0 saturated carbocycles. The summed E-state index contributed by atoms with van der Waals surface area (Å²) < 4.78 is 0. The molecule has 0 amide bonds. The fourth-order valence-corrected chi connectivity index (χ4v) is 4.12. The van der Waals surface area contributed by atoms with Crippen molar-refractivity contribution in [3.63, 3.8) is 0 Å². The van der Waals surface area contributed by atoms with Crippen molar-refractivity contribution in [3.8, 4) is 0 Å². The second kappa shape index (κ2) is 9.39. The SMILES string of the molecule is CCCCCN1CCN(CCCC2=CCCc3ccccc32)CC1. The molecule has 0 atom stereocenters. The van der Waals surface area contributed by atoms with Crippen molar-refractivity contribution < 1.29 is 0 Å². The molecule has 0 aromatic heterocycles. The molecule has 0 radical (unpaired) electrons. The Hall–Kier alpha value is -1.12. The number of hydrogen-bond donors (Lipinski definition) is 0. The fraction of sp³-hybridized carbons (Fsp3) is 0.636. The van der Waals surface area contributed by atoms with E-state index >= 15 is 0 Å². The molecule has 0 spiro atoms. The van der Waals surface area contributed by atoms with Gasteiger partial charge in [-0.05, 0) is 61.9 Å². The lowest BCUT2D eigenvalue weighted by molar-refractivity contribution is 0.130. The van der Waals surface area contributed by atoms with Crippen molar-refractivity contribution in [3.05, 3.63) is 41.5 Å². The number of rotatable bonds is 8. The molecule has 1 aliphatic carbocycles. The van der Waals surface area contributed by atoms with Gasteiger partial charge >= 0.3 is 0 Å². The molecular weight excluding hydrogens is 292 g/mol. The van der Waals surface area contributed by atoms with Gasteiger partial charge in [-0.15, -0.1) is 0 Å². The maximum absolute atomic E-state index is 2.67. The number of benzene rings is 1. The van der Waals surface area contributed by atoms with Crippen molar-refractivity contribution in [1.82, 2.24) is 9.80 Å². The summed E-state index contributed by atoms with van der Waals surface area (Å²) in [5.41, 5.74) is 4.66. The van der Waals surface area contributed by atoms with E-state index in [1.165, 1.54) is 89.8 Å². The van der Waals surface area contributed by atoms with Gasteiger partial charge in [0.05, 0.1) is 0 Å². The Morgan fingerprint density at radius 1 is 0.875 bits per heavy atom. The molecule has 1 aromatic carbocycles. The third kappa shape index (κ3) is 4.94. The molecule has 1 saturated heterocycles. The number of hydrogen-bond acceptors (Lipinski definition) is 2. The Morgan fingerprint density at radius 3 is 2.33 bits per heavy atom. The molecular formula is C22H34N2. The Morgan fingerprint density at radius 2 is 1.58 bits per heavy atom. The third-order valence-corrected chi connectivity index (χ3v) is 5.63. The predicted molar refractivity (Wildman–Crippen MR) is 104 cm³/mol. The van der Waals surface area contributed by atoms with Crippen LogP contribution in [0.1, 0.15) is 56.6 Å². The normalized spacial score (nSPS) is 19.1. The van der Waals surface area contributed by atoms with E-state index < -0.39 is 0 Å². The van der Waals surface area contributed by atoms with E-state index in [-0.39, 0.29) is 0 Å². The molecule has 1 fully saturated rings. The van der Waals surface area contributed by atoms with Crippen LogP contribution in [0.4, 0.5) is 0 Å². The lowest BCUT2D eigenvalue weighted by atomic mass is 9.88. The first kappa shape index (κ1) is 17.7. The molecule has 1 aliphatic heterocycles. The van der Waals surface area contributed by atoms with Crippen LogP contribution in [-0.4, -0.2) is 49.1 Å². The number of piperazine rings is 1. The molecule has 0 bridgehead atoms. The van der Waals surface area contributed by atoms with Crippen molar-refractivity contribution in [1.29, 1.82) is 0 Å². The maximum atomic E-state index is 2.67. The van der Waals surface area contributed by atoms with Gasteiger partial charge in [0.15, 0.2) is 0 Å². The van der Waals surface area contributed by atoms with Gasteiger partial charge in [-0.2, -0.15) is 0 Å². The summed E-state index contributed by atoms with van der Waals surface area (Å²) in [6.45, 7) is 9.94. The van der Waals surface area contributed by atoms with E-state index in [0.29, 0.717) is 0 Å². The fourth-order valence-electron chi connectivity index (χ4n) is 4.12. The van der Waals surface area contributed by atoms with Gasteiger partial charge in [-0.25, -0.2) is 0 Å². The topological polar surface area (TPSA) is 6.48 Å². The van der Waals surface area contributed by atoms with Crippen molar-refractivity contribution in [2.45, 2.75) is 51.9 Å². The summed E-state index contributed by atoms with van der Waals surface area (Å²) in [6.07, 6.45) is 11.6. The minimum Gasteiger partial charge on any atom is -0.301 e. The molecule has 3 rings (SSSR count). The van der Waals surface area contributed by atoms with Crippen LogP contribution in [0.3, 0.4) is 0 Å². The molecule has 132 valence electrons. The smallest absolute Gasteiger partial charge is 0.0110 e. The van der Waals surface area contributed by atoms with Crippen LogP contribution in [0.25, 0.3) is 5.57 Å². The average Bonchev–Trinajstić information content (AvgIpc) is 2.63. The van der Waals surface area contributed by atoms with Crippen LogP contribution in [-0.2, 0) is 6.42 Å². The van der Waals surface area contributed by atoms with E-state index in [1.807, 2.05) is 0 Å². The van der Waals surface area contributed by atoms with Crippen LogP contribution in [0.15, 0.2) is 30.3 Å². The van der Waals surface area contributed by atoms with E-state index in [4.69, 9.17) is 0 Å². The molecule has 2 aliphatic rings. The number of nitrogens with zero attached hydrogens (tertiary/aromatic N) is 2. The summed E-state index contributed by atoms with van der Waals surface area (Å²) in [5, 5.41) is 0. The number of aryl methyl sites for hydroxylation is 1. The van der Waals surface area contributed by atoms with E-state index in [0.717, 1.165) is 0 Å². The molecule has 1 heterocycles. The highest BCUT2D eigenvalue weighted by Crippen LogP contribution is 2.29. The first-order chi connectivity index (χ1) is 11.9. The van der Waals surface area contributed by atoms with Crippen LogP contribution in [0.5, 0.6) is 0 Å². The zero-order valence-corrected chi connectivity index (χ0v) is 15.5. The van der Waals surface area contributed by atoms with Crippen LogP contribution < -0.4 is 0 Å². The first-order valence-corrected chi connectivity index (χ1v) is 10.1. The lowest BCUT2D eigenvalue weighted by Gasteiger charge is -2.34. The van der Waals surface area contributed by atoms with Gasteiger partial charge in [-0.1, -0.05) is 50.1 Å². The minimum absolute atomic E-state index is 1.22. The summed E-state index contributed by atoms with van der Waals surface area (Å²) in [6, 6.07) is 8.99. The zero-order valence-electron chi connectivity index (χ0n) is 15.5. The van der Waals surface area contributed by atoms with Crippen molar-refractivity contribution in [2.24, 2.45) is 0 Å². The molecule has 1 aromatic rings. The summed E-state index contributed by atoms with van der Waals surface area (Å²) >= 11 is 0. The van der Waals surface area contributed by atoms with Gasteiger partial charge < -0.3 is 9.80 Å². The molecule has 0 N–H and O–H groups in total. The van der Waals surface area contributed by atoms with Crippen LogP contribution >= 0.6 is 0 Å². The van der Waals surface area contributed by atoms with E-state index in [9.17, 15) is 0 Å². The van der Waals surface area contributed by atoms with Crippen molar-refractivity contribution in [2.75, 3.05) is 39.3 Å². The highest BCUT2D eigenvalue weighted by Gasteiger charge is 2.17. The summed E-state index contributed by atoms with van der Waals surface area (Å²) in [4.78, 5) is 5.33.